The Morgan fingerprint density at radius 2 is 2.20 bits per heavy atom. The van der Waals surface area contributed by atoms with Crippen LogP contribution in [0, 0.1) is 0 Å². The van der Waals surface area contributed by atoms with Crippen LogP contribution in [0.3, 0.4) is 0 Å². The molecule has 1 saturated heterocycles. The molecule has 3 heteroatoms. The molecule has 1 aliphatic heterocycles. The number of hydrogen-bond acceptors (Lipinski definition) is 2. The van der Waals surface area contributed by atoms with E-state index >= 15 is 0 Å². The first kappa shape index (κ1) is 15.5. The Morgan fingerprint density at radius 3 is 2.90 bits per heavy atom. The predicted molar refractivity (Wildman–Crippen MR) is 84.5 cm³/mol. The van der Waals surface area contributed by atoms with Crippen LogP contribution in [0.2, 0.25) is 5.02 Å². The molecule has 1 heterocycles. The highest BCUT2D eigenvalue weighted by molar-refractivity contribution is 6.31. The van der Waals surface area contributed by atoms with Crippen molar-refractivity contribution in [2.45, 2.75) is 58.0 Å². The molecule has 1 aromatic carbocycles. The zero-order valence-corrected chi connectivity index (χ0v) is 13.2. The van der Waals surface area contributed by atoms with Crippen molar-refractivity contribution < 1.29 is 4.79 Å². The third-order valence-corrected chi connectivity index (χ3v) is 4.62. The molecule has 110 valence electrons. The van der Waals surface area contributed by atoms with Gasteiger partial charge in [-0.25, -0.2) is 0 Å². The van der Waals surface area contributed by atoms with Crippen LogP contribution in [0.1, 0.15) is 56.3 Å². The molecular formula is C17H24ClNO. The lowest BCUT2D eigenvalue weighted by atomic mass is 10.0. The summed E-state index contributed by atoms with van der Waals surface area (Å²) in [5.41, 5.74) is 0.726. The zero-order chi connectivity index (χ0) is 14.5. The maximum absolute atomic E-state index is 12.7. The number of hydrogen-bond donors (Lipinski definition) is 0. The molecule has 0 aliphatic carbocycles. The highest BCUT2D eigenvalue weighted by Gasteiger charge is 2.28. The zero-order valence-electron chi connectivity index (χ0n) is 12.4. The van der Waals surface area contributed by atoms with Crippen molar-refractivity contribution in [2.75, 3.05) is 6.54 Å². The minimum Gasteiger partial charge on any atom is -0.292 e. The van der Waals surface area contributed by atoms with Crippen molar-refractivity contribution in [1.29, 1.82) is 0 Å². The molecule has 0 spiro atoms. The van der Waals surface area contributed by atoms with Crippen LogP contribution in [-0.4, -0.2) is 29.3 Å². The van der Waals surface area contributed by atoms with Crippen LogP contribution >= 0.6 is 11.6 Å². The summed E-state index contributed by atoms with van der Waals surface area (Å²) >= 11 is 6.00. The molecule has 0 aromatic heterocycles. The fourth-order valence-electron chi connectivity index (χ4n) is 3.18. The summed E-state index contributed by atoms with van der Waals surface area (Å²) in [5.74, 6) is 0.188. The van der Waals surface area contributed by atoms with Crippen LogP contribution in [0.4, 0.5) is 0 Å². The molecule has 1 aromatic rings. The summed E-state index contributed by atoms with van der Waals surface area (Å²) in [6, 6.07) is 7.78. The average Bonchev–Trinajstić information content (AvgIpc) is 2.70. The van der Waals surface area contributed by atoms with Gasteiger partial charge in [-0.1, -0.05) is 43.5 Å². The number of rotatable bonds is 4. The van der Waals surface area contributed by atoms with E-state index in [1.165, 1.54) is 25.7 Å². The fraction of sp³-hybridized carbons (Fsp3) is 0.588. The van der Waals surface area contributed by atoms with Gasteiger partial charge in [-0.2, -0.15) is 0 Å². The van der Waals surface area contributed by atoms with Crippen molar-refractivity contribution in [3.05, 3.63) is 34.9 Å². The molecule has 1 fully saturated rings. The second-order valence-corrected chi connectivity index (χ2v) is 6.14. The SMILES string of the molecule is CCC1CCCCCN1C(C)C(=O)c1cccc(Cl)c1. The van der Waals surface area contributed by atoms with E-state index in [-0.39, 0.29) is 11.8 Å². The maximum Gasteiger partial charge on any atom is 0.179 e. The molecule has 0 saturated carbocycles. The molecule has 2 rings (SSSR count). The minimum absolute atomic E-state index is 0.0588. The van der Waals surface area contributed by atoms with Crippen molar-refractivity contribution in [3.8, 4) is 0 Å². The number of benzene rings is 1. The van der Waals surface area contributed by atoms with Crippen LogP contribution in [-0.2, 0) is 0 Å². The van der Waals surface area contributed by atoms with Crippen molar-refractivity contribution >= 4 is 17.4 Å². The molecule has 2 nitrogen and oxygen atoms in total. The van der Waals surface area contributed by atoms with E-state index in [0.29, 0.717) is 11.1 Å². The molecular weight excluding hydrogens is 270 g/mol. The van der Waals surface area contributed by atoms with Crippen molar-refractivity contribution in [2.24, 2.45) is 0 Å². The Kier molecular flexibility index (Phi) is 5.62. The third-order valence-electron chi connectivity index (χ3n) is 4.38. The molecule has 0 N–H and O–H groups in total. The predicted octanol–water partition coefficient (Wildman–Crippen LogP) is 4.57. The highest BCUT2D eigenvalue weighted by Crippen LogP contribution is 2.23. The number of nitrogens with zero attached hydrogens (tertiary/aromatic N) is 1. The van der Waals surface area contributed by atoms with E-state index in [0.717, 1.165) is 18.5 Å². The van der Waals surface area contributed by atoms with Crippen LogP contribution in [0.15, 0.2) is 24.3 Å². The molecule has 20 heavy (non-hydrogen) atoms. The van der Waals surface area contributed by atoms with E-state index in [9.17, 15) is 4.79 Å². The monoisotopic (exact) mass is 293 g/mol. The Bertz CT molecular complexity index is 460. The lowest BCUT2D eigenvalue weighted by Gasteiger charge is -2.34. The molecule has 0 amide bonds. The van der Waals surface area contributed by atoms with Crippen molar-refractivity contribution in [1.82, 2.24) is 4.90 Å². The topological polar surface area (TPSA) is 20.3 Å². The quantitative estimate of drug-likeness (QED) is 0.758. The highest BCUT2D eigenvalue weighted by atomic mass is 35.5. The largest absolute Gasteiger partial charge is 0.292 e. The van der Waals surface area contributed by atoms with Gasteiger partial charge in [0.25, 0.3) is 0 Å². The summed E-state index contributed by atoms with van der Waals surface area (Å²) in [6.07, 6.45) is 6.10. The van der Waals surface area contributed by atoms with Gasteiger partial charge < -0.3 is 0 Å². The van der Waals surface area contributed by atoms with Gasteiger partial charge >= 0.3 is 0 Å². The molecule has 2 atom stereocenters. The van der Waals surface area contributed by atoms with Gasteiger partial charge in [-0.05, 0) is 44.9 Å². The average molecular weight is 294 g/mol. The molecule has 0 bridgehead atoms. The number of carbonyl (C=O) groups excluding carboxylic acids is 1. The summed E-state index contributed by atoms with van der Waals surface area (Å²) < 4.78 is 0. The molecule has 0 radical (unpaired) electrons. The first-order chi connectivity index (χ1) is 9.63. The second-order valence-electron chi connectivity index (χ2n) is 5.70. The van der Waals surface area contributed by atoms with E-state index in [1.54, 1.807) is 6.07 Å². The number of ketones is 1. The molecule has 1 aliphatic rings. The Balaban J connectivity index is 2.15. The van der Waals surface area contributed by atoms with Crippen LogP contribution in [0.5, 0.6) is 0 Å². The lowest BCUT2D eigenvalue weighted by Crippen LogP contribution is -2.45. The first-order valence-electron chi connectivity index (χ1n) is 7.69. The second kappa shape index (κ2) is 7.24. The first-order valence-corrected chi connectivity index (χ1v) is 8.06. The van der Waals surface area contributed by atoms with E-state index in [1.807, 2.05) is 25.1 Å². The summed E-state index contributed by atoms with van der Waals surface area (Å²) in [5, 5.41) is 0.631. The fourth-order valence-corrected chi connectivity index (χ4v) is 3.37. The van der Waals surface area contributed by atoms with Crippen LogP contribution < -0.4 is 0 Å². The van der Waals surface area contributed by atoms with Gasteiger partial charge in [0.1, 0.15) is 0 Å². The summed E-state index contributed by atoms with van der Waals surface area (Å²) in [6.45, 7) is 5.29. The van der Waals surface area contributed by atoms with Gasteiger partial charge in [0, 0.05) is 16.6 Å². The van der Waals surface area contributed by atoms with Gasteiger partial charge in [0.05, 0.1) is 6.04 Å². The van der Waals surface area contributed by atoms with Gasteiger partial charge in [-0.15, -0.1) is 0 Å². The summed E-state index contributed by atoms with van der Waals surface area (Å²) in [7, 11) is 0. The van der Waals surface area contributed by atoms with Gasteiger partial charge in [0.2, 0.25) is 0 Å². The van der Waals surface area contributed by atoms with E-state index in [2.05, 4.69) is 11.8 Å². The standard InChI is InChI=1S/C17H24ClNO/c1-3-16-10-5-4-6-11-19(16)13(2)17(20)14-8-7-9-15(18)12-14/h7-9,12-13,16H,3-6,10-11H2,1-2H3. The number of carbonyl (C=O) groups is 1. The third kappa shape index (κ3) is 3.62. The van der Waals surface area contributed by atoms with Gasteiger partial charge in [0.15, 0.2) is 5.78 Å². The number of halogens is 1. The Morgan fingerprint density at radius 1 is 1.40 bits per heavy atom. The Hall–Kier alpha value is -0.860. The maximum atomic E-state index is 12.7. The lowest BCUT2D eigenvalue weighted by molar-refractivity contribution is 0.0758. The smallest absolute Gasteiger partial charge is 0.179 e. The molecule has 2 unspecified atom stereocenters. The number of likely N-dealkylation sites (tertiary alicyclic amines) is 1. The van der Waals surface area contributed by atoms with E-state index < -0.39 is 0 Å². The van der Waals surface area contributed by atoms with Crippen LogP contribution in [0.25, 0.3) is 0 Å². The summed E-state index contributed by atoms with van der Waals surface area (Å²) in [4.78, 5) is 15.1. The van der Waals surface area contributed by atoms with Gasteiger partial charge in [-0.3, -0.25) is 9.69 Å². The minimum atomic E-state index is -0.0588. The van der Waals surface area contributed by atoms with E-state index in [4.69, 9.17) is 11.6 Å². The number of Topliss-reactive ketones (excluding diaryl/α,β-unsaturated/α-hetero) is 1. The Labute approximate surface area is 127 Å². The van der Waals surface area contributed by atoms with Crippen molar-refractivity contribution in [3.63, 3.8) is 0 Å². The normalized spacial score (nSPS) is 22.2.